The van der Waals surface area contributed by atoms with E-state index in [-0.39, 0.29) is 5.91 Å². The molecule has 0 aliphatic carbocycles. The third-order valence-corrected chi connectivity index (χ3v) is 3.53. The normalized spacial score (nSPS) is 11.8. The van der Waals surface area contributed by atoms with Crippen LogP contribution in [0.2, 0.25) is 0 Å². The Labute approximate surface area is 132 Å². The SMILES string of the molecule is Cc1ccc(OC(C)C(=O)Nc2cccc(N)c2)c(Br)c1. The zero-order valence-corrected chi connectivity index (χ0v) is 13.5. The molecule has 0 aliphatic heterocycles. The van der Waals surface area contributed by atoms with Gasteiger partial charge in [0.15, 0.2) is 6.10 Å². The van der Waals surface area contributed by atoms with Crippen molar-refractivity contribution in [2.45, 2.75) is 20.0 Å². The van der Waals surface area contributed by atoms with E-state index in [0.717, 1.165) is 10.0 Å². The van der Waals surface area contributed by atoms with Gasteiger partial charge in [-0.3, -0.25) is 4.79 Å². The van der Waals surface area contributed by atoms with E-state index in [4.69, 9.17) is 10.5 Å². The Hall–Kier alpha value is -2.01. The molecule has 1 atom stereocenters. The summed E-state index contributed by atoms with van der Waals surface area (Å²) >= 11 is 3.43. The van der Waals surface area contributed by atoms with Gasteiger partial charge in [-0.2, -0.15) is 0 Å². The number of carbonyl (C=O) groups is 1. The summed E-state index contributed by atoms with van der Waals surface area (Å²) < 4.78 is 6.50. The molecule has 0 saturated carbocycles. The maximum atomic E-state index is 12.1. The van der Waals surface area contributed by atoms with Gasteiger partial charge >= 0.3 is 0 Å². The van der Waals surface area contributed by atoms with E-state index in [1.165, 1.54) is 0 Å². The Morgan fingerprint density at radius 3 is 2.71 bits per heavy atom. The summed E-state index contributed by atoms with van der Waals surface area (Å²) in [7, 11) is 0. The number of nitrogen functional groups attached to an aromatic ring is 1. The van der Waals surface area contributed by atoms with E-state index in [0.29, 0.717) is 17.1 Å². The first-order chi connectivity index (χ1) is 9.95. The number of nitrogens with two attached hydrogens (primary N) is 1. The lowest BCUT2D eigenvalue weighted by molar-refractivity contribution is -0.122. The summed E-state index contributed by atoms with van der Waals surface area (Å²) in [4.78, 5) is 12.1. The summed E-state index contributed by atoms with van der Waals surface area (Å²) in [5.74, 6) is 0.406. The quantitative estimate of drug-likeness (QED) is 0.827. The molecule has 3 N–H and O–H groups in total. The molecule has 110 valence electrons. The highest BCUT2D eigenvalue weighted by Crippen LogP contribution is 2.26. The second kappa shape index (κ2) is 6.63. The van der Waals surface area contributed by atoms with Crippen LogP contribution in [0.1, 0.15) is 12.5 Å². The Balaban J connectivity index is 2.02. The second-order valence-electron chi connectivity index (χ2n) is 4.81. The van der Waals surface area contributed by atoms with Crippen LogP contribution in [0.4, 0.5) is 11.4 Å². The molecule has 0 heterocycles. The summed E-state index contributed by atoms with van der Waals surface area (Å²) in [5.41, 5.74) is 8.05. The standard InChI is InChI=1S/C16H17BrN2O2/c1-10-6-7-15(14(17)8-10)21-11(2)16(20)19-13-5-3-4-12(18)9-13/h3-9,11H,18H2,1-2H3,(H,19,20). The second-order valence-corrected chi connectivity index (χ2v) is 5.66. The van der Waals surface area contributed by atoms with E-state index >= 15 is 0 Å². The van der Waals surface area contributed by atoms with Gasteiger partial charge < -0.3 is 15.8 Å². The maximum absolute atomic E-state index is 12.1. The van der Waals surface area contributed by atoms with Crippen molar-refractivity contribution in [1.29, 1.82) is 0 Å². The number of rotatable bonds is 4. The molecule has 2 rings (SSSR count). The van der Waals surface area contributed by atoms with Crippen LogP contribution in [0, 0.1) is 6.92 Å². The highest BCUT2D eigenvalue weighted by molar-refractivity contribution is 9.10. The zero-order valence-electron chi connectivity index (χ0n) is 11.9. The number of hydrogen-bond donors (Lipinski definition) is 2. The van der Waals surface area contributed by atoms with Gasteiger partial charge in [0.1, 0.15) is 5.75 Å². The number of nitrogens with one attached hydrogen (secondary N) is 1. The topological polar surface area (TPSA) is 64.3 Å². The predicted molar refractivity (Wildman–Crippen MR) is 88.5 cm³/mol. The van der Waals surface area contributed by atoms with Crippen LogP contribution in [0.3, 0.4) is 0 Å². The smallest absolute Gasteiger partial charge is 0.265 e. The highest BCUT2D eigenvalue weighted by Gasteiger charge is 2.16. The van der Waals surface area contributed by atoms with E-state index in [9.17, 15) is 4.79 Å². The Morgan fingerprint density at radius 1 is 1.29 bits per heavy atom. The van der Waals surface area contributed by atoms with Gasteiger partial charge in [-0.25, -0.2) is 0 Å². The number of amides is 1. The molecule has 1 unspecified atom stereocenters. The van der Waals surface area contributed by atoms with Crippen molar-refractivity contribution in [3.63, 3.8) is 0 Å². The third-order valence-electron chi connectivity index (χ3n) is 2.91. The number of carbonyl (C=O) groups excluding carboxylic acids is 1. The molecule has 0 fully saturated rings. The average Bonchev–Trinajstić information content (AvgIpc) is 2.41. The molecule has 2 aromatic rings. The molecule has 5 heteroatoms. The number of hydrogen-bond acceptors (Lipinski definition) is 3. The molecular formula is C16H17BrN2O2. The minimum atomic E-state index is -0.620. The van der Waals surface area contributed by atoms with Gasteiger partial charge in [0.25, 0.3) is 5.91 Å². The van der Waals surface area contributed by atoms with Crippen molar-refractivity contribution < 1.29 is 9.53 Å². The number of halogens is 1. The van der Waals surface area contributed by atoms with Crippen LogP contribution in [0.5, 0.6) is 5.75 Å². The monoisotopic (exact) mass is 348 g/mol. The maximum Gasteiger partial charge on any atom is 0.265 e. The summed E-state index contributed by atoms with van der Waals surface area (Å²) in [6.07, 6.45) is -0.620. The van der Waals surface area contributed by atoms with Gasteiger partial charge in [0.2, 0.25) is 0 Å². The van der Waals surface area contributed by atoms with Crippen LogP contribution in [-0.2, 0) is 4.79 Å². The lowest BCUT2D eigenvalue weighted by Gasteiger charge is -2.16. The van der Waals surface area contributed by atoms with Crippen LogP contribution >= 0.6 is 15.9 Å². The Kier molecular flexibility index (Phi) is 4.85. The number of aryl methyl sites for hydroxylation is 1. The lowest BCUT2D eigenvalue weighted by atomic mass is 10.2. The van der Waals surface area contributed by atoms with Gasteiger partial charge in [0, 0.05) is 11.4 Å². The van der Waals surface area contributed by atoms with E-state index < -0.39 is 6.10 Å². The summed E-state index contributed by atoms with van der Waals surface area (Å²) in [6.45, 7) is 3.69. The molecule has 0 aromatic heterocycles. The highest BCUT2D eigenvalue weighted by atomic mass is 79.9. The van der Waals surface area contributed by atoms with E-state index in [2.05, 4.69) is 21.2 Å². The Bertz CT molecular complexity index is 658. The zero-order chi connectivity index (χ0) is 15.4. The van der Waals surface area contributed by atoms with Crippen LogP contribution in [0.15, 0.2) is 46.9 Å². The van der Waals surface area contributed by atoms with Crippen molar-refractivity contribution in [3.05, 3.63) is 52.5 Å². The van der Waals surface area contributed by atoms with Gasteiger partial charge in [-0.1, -0.05) is 12.1 Å². The fourth-order valence-electron chi connectivity index (χ4n) is 1.81. The lowest BCUT2D eigenvalue weighted by Crippen LogP contribution is -2.30. The first-order valence-electron chi connectivity index (χ1n) is 6.55. The summed E-state index contributed by atoms with van der Waals surface area (Å²) in [5, 5.41) is 2.77. The molecule has 0 spiro atoms. The van der Waals surface area contributed by atoms with E-state index in [1.54, 1.807) is 31.2 Å². The van der Waals surface area contributed by atoms with Gasteiger partial charge in [-0.15, -0.1) is 0 Å². The molecule has 1 amide bonds. The van der Waals surface area contributed by atoms with Gasteiger partial charge in [-0.05, 0) is 65.7 Å². The number of ether oxygens (including phenoxy) is 1. The van der Waals surface area contributed by atoms with Crippen LogP contribution in [0.25, 0.3) is 0 Å². The molecule has 0 saturated heterocycles. The molecule has 0 radical (unpaired) electrons. The molecule has 0 aliphatic rings. The fourth-order valence-corrected chi connectivity index (χ4v) is 2.39. The number of benzene rings is 2. The van der Waals surface area contributed by atoms with Crippen molar-refractivity contribution in [1.82, 2.24) is 0 Å². The largest absolute Gasteiger partial charge is 0.480 e. The molecule has 0 bridgehead atoms. The van der Waals surface area contributed by atoms with Crippen molar-refractivity contribution in [3.8, 4) is 5.75 Å². The summed E-state index contributed by atoms with van der Waals surface area (Å²) in [6, 6.07) is 12.7. The third kappa shape index (κ3) is 4.23. The first kappa shape index (κ1) is 15.4. The first-order valence-corrected chi connectivity index (χ1v) is 7.34. The predicted octanol–water partition coefficient (Wildman–Crippen LogP) is 3.75. The molecule has 21 heavy (non-hydrogen) atoms. The minimum absolute atomic E-state index is 0.229. The van der Waals surface area contributed by atoms with Crippen LogP contribution < -0.4 is 15.8 Å². The average molecular weight is 349 g/mol. The van der Waals surface area contributed by atoms with Gasteiger partial charge in [0.05, 0.1) is 4.47 Å². The van der Waals surface area contributed by atoms with Crippen molar-refractivity contribution in [2.75, 3.05) is 11.1 Å². The van der Waals surface area contributed by atoms with Crippen LogP contribution in [-0.4, -0.2) is 12.0 Å². The number of anilines is 2. The molecule has 4 nitrogen and oxygen atoms in total. The van der Waals surface area contributed by atoms with Crippen molar-refractivity contribution >= 4 is 33.2 Å². The molecule has 2 aromatic carbocycles. The Morgan fingerprint density at radius 2 is 2.05 bits per heavy atom. The molecular weight excluding hydrogens is 332 g/mol. The van der Waals surface area contributed by atoms with E-state index in [1.807, 2.05) is 25.1 Å². The van der Waals surface area contributed by atoms with Crippen molar-refractivity contribution in [2.24, 2.45) is 0 Å². The fraction of sp³-hybridized carbons (Fsp3) is 0.188. The minimum Gasteiger partial charge on any atom is -0.480 e.